The van der Waals surface area contributed by atoms with Gasteiger partial charge in [0, 0.05) is 12.4 Å². The van der Waals surface area contributed by atoms with Crippen molar-refractivity contribution in [3.05, 3.63) is 12.3 Å². The minimum atomic E-state index is -4.46. The summed E-state index contributed by atoms with van der Waals surface area (Å²) in [4.78, 5) is 3.35. The summed E-state index contributed by atoms with van der Waals surface area (Å²) in [6.07, 6.45) is -1.22. The van der Waals surface area contributed by atoms with E-state index in [1.54, 1.807) is 0 Å². The maximum Gasteiger partial charge on any atom is 0.487 e. The molecule has 0 saturated heterocycles. The number of aliphatic imine (C=N–C) groups is 1. The number of hydrogen-bond acceptors (Lipinski definition) is 2. The Kier molecular flexibility index (Phi) is 2.08. The van der Waals surface area contributed by atoms with Gasteiger partial charge in [0.1, 0.15) is 0 Å². The van der Waals surface area contributed by atoms with E-state index in [9.17, 15) is 13.2 Å². The van der Waals surface area contributed by atoms with Crippen molar-refractivity contribution in [2.45, 2.75) is 11.9 Å². The van der Waals surface area contributed by atoms with Gasteiger partial charge in [-0.15, -0.1) is 13.2 Å². The van der Waals surface area contributed by atoms with Crippen LogP contribution in [0.3, 0.4) is 0 Å². The van der Waals surface area contributed by atoms with Crippen LogP contribution in [0.15, 0.2) is 17.3 Å². The molecule has 0 spiro atoms. The third kappa shape index (κ3) is 1.86. The first-order valence-electron chi connectivity index (χ1n) is 2.71. The van der Waals surface area contributed by atoms with Crippen LogP contribution in [-0.4, -0.2) is 23.0 Å². The molecule has 0 saturated carbocycles. The summed E-state index contributed by atoms with van der Waals surface area (Å²) in [5.74, 6) is 0. The lowest BCUT2D eigenvalue weighted by molar-refractivity contribution is -0.231. The summed E-state index contributed by atoms with van der Waals surface area (Å²) in [5.41, 5.74) is -1.38. The van der Waals surface area contributed by atoms with E-state index in [1.807, 2.05) is 0 Å². The van der Waals surface area contributed by atoms with Gasteiger partial charge in [-0.25, -0.2) is 0 Å². The third-order valence-electron chi connectivity index (χ3n) is 1.06. The molecule has 2 nitrogen and oxygen atoms in total. The predicted octanol–water partition coefficient (Wildman–Crippen LogP) is 1.93. The Morgan fingerprint density at radius 3 is 2.45 bits per heavy atom. The average Bonchev–Trinajstić information content (AvgIpc) is 1.86. The fourth-order valence-corrected chi connectivity index (χ4v) is 0.841. The number of allylic oxidation sites excluding steroid dienone is 1. The SMILES string of the molecule is FC(F)(F)N1C=CC=NC1Cl. The lowest BCUT2D eigenvalue weighted by atomic mass is 10.5. The molecule has 0 radical (unpaired) electrons. The third-order valence-corrected chi connectivity index (χ3v) is 1.39. The predicted molar refractivity (Wildman–Crippen MR) is 35.2 cm³/mol. The Morgan fingerprint density at radius 1 is 1.45 bits per heavy atom. The first-order valence-corrected chi connectivity index (χ1v) is 3.14. The molecule has 1 atom stereocenters. The summed E-state index contributed by atoms with van der Waals surface area (Å²) >= 11 is 5.22. The standard InChI is InChI=1S/C5H4ClF3N2/c6-4-10-2-1-3-11(4)5(7,8)9/h1-4H. The van der Waals surface area contributed by atoms with Gasteiger partial charge >= 0.3 is 6.30 Å². The highest BCUT2D eigenvalue weighted by atomic mass is 35.5. The average molecular weight is 185 g/mol. The number of halogens is 4. The highest BCUT2D eigenvalue weighted by Gasteiger charge is 2.39. The molecule has 0 aromatic rings. The summed E-state index contributed by atoms with van der Waals surface area (Å²) in [6, 6.07) is 0. The number of nitrogens with zero attached hydrogens (tertiary/aromatic N) is 2. The van der Waals surface area contributed by atoms with Gasteiger partial charge in [0.15, 0.2) is 0 Å². The minimum Gasteiger partial charge on any atom is -0.255 e. The molecular weight excluding hydrogens is 181 g/mol. The van der Waals surface area contributed by atoms with Crippen molar-refractivity contribution in [2.75, 3.05) is 0 Å². The van der Waals surface area contributed by atoms with Crippen molar-refractivity contribution in [1.29, 1.82) is 0 Å². The van der Waals surface area contributed by atoms with Crippen LogP contribution in [0.2, 0.25) is 0 Å². The summed E-state index contributed by atoms with van der Waals surface area (Å²) in [6.45, 7) is 0. The van der Waals surface area contributed by atoms with E-state index < -0.39 is 11.9 Å². The highest BCUT2D eigenvalue weighted by Crippen LogP contribution is 2.27. The first-order chi connectivity index (χ1) is 5.02. The maximum absolute atomic E-state index is 11.9. The Bertz CT molecular complexity index is 198. The molecule has 1 aliphatic rings. The van der Waals surface area contributed by atoms with Crippen LogP contribution in [0.4, 0.5) is 13.2 Å². The lowest BCUT2D eigenvalue weighted by Crippen LogP contribution is -2.39. The Hall–Kier alpha value is -0.710. The van der Waals surface area contributed by atoms with Gasteiger partial charge in [0.05, 0.1) is 0 Å². The molecule has 62 valence electrons. The first kappa shape index (κ1) is 8.39. The smallest absolute Gasteiger partial charge is 0.255 e. The van der Waals surface area contributed by atoms with E-state index in [2.05, 4.69) is 4.99 Å². The molecule has 6 heteroatoms. The zero-order valence-electron chi connectivity index (χ0n) is 5.22. The van der Waals surface area contributed by atoms with Gasteiger partial charge < -0.3 is 0 Å². The van der Waals surface area contributed by atoms with Gasteiger partial charge in [0.2, 0.25) is 5.62 Å². The van der Waals surface area contributed by atoms with E-state index in [4.69, 9.17) is 11.6 Å². The zero-order chi connectivity index (χ0) is 8.48. The molecule has 1 rings (SSSR count). The number of hydrogen-bond donors (Lipinski definition) is 0. The lowest BCUT2D eigenvalue weighted by Gasteiger charge is -2.26. The van der Waals surface area contributed by atoms with E-state index in [0.717, 1.165) is 6.20 Å². The van der Waals surface area contributed by atoms with Crippen molar-refractivity contribution in [3.8, 4) is 0 Å². The Morgan fingerprint density at radius 2 is 2.09 bits per heavy atom. The van der Waals surface area contributed by atoms with Crippen LogP contribution in [0.1, 0.15) is 0 Å². The number of rotatable bonds is 0. The molecule has 0 aromatic heterocycles. The van der Waals surface area contributed by atoms with Crippen molar-refractivity contribution < 1.29 is 13.2 Å². The summed E-state index contributed by atoms with van der Waals surface area (Å²) in [7, 11) is 0. The van der Waals surface area contributed by atoms with Crippen molar-refractivity contribution in [1.82, 2.24) is 4.90 Å². The van der Waals surface area contributed by atoms with Gasteiger partial charge in [-0.2, -0.15) is 0 Å². The molecule has 0 aromatic carbocycles. The maximum atomic E-state index is 11.9. The highest BCUT2D eigenvalue weighted by molar-refractivity contribution is 6.20. The van der Waals surface area contributed by atoms with Gasteiger partial charge in [-0.3, -0.25) is 9.89 Å². The van der Waals surface area contributed by atoms with Crippen LogP contribution in [0, 0.1) is 0 Å². The van der Waals surface area contributed by atoms with Gasteiger partial charge in [-0.05, 0) is 6.08 Å². The quantitative estimate of drug-likeness (QED) is 0.415. The number of alkyl halides is 4. The molecule has 0 amide bonds. The molecule has 0 aliphatic carbocycles. The van der Waals surface area contributed by atoms with Crippen LogP contribution >= 0.6 is 11.6 Å². The van der Waals surface area contributed by atoms with E-state index >= 15 is 0 Å². The minimum absolute atomic E-state index is 0.00849. The monoisotopic (exact) mass is 184 g/mol. The largest absolute Gasteiger partial charge is 0.487 e. The van der Waals surface area contributed by atoms with E-state index in [1.165, 1.54) is 12.3 Å². The molecule has 0 N–H and O–H groups in total. The van der Waals surface area contributed by atoms with Crippen LogP contribution in [-0.2, 0) is 0 Å². The van der Waals surface area contributed by atoms with Gasteiger partial charge in [0.25, 0.3) is 0 Å². The Labute approximate surface area is 66.0 Å². The summed E-state index contributed by atoms with van der Waals surface area (Å²) in [5, 5.41) is 0. The normalized spacial score (nSPS) is 24.4. The molecule has 0 fully saturated rings. The second-order valence-electron chi connectivity index (χ2n) is 1.83. The van der Waals surface area contributed by atoms with E-state index in [0.29, 0.717) is 0 Å². The van der Waals surface area contributed by atoms with Gasteiger partial charge in [-0.1, -0.05) is 11.6 Å². The zero-order valence-corrected chi connectivity index (χ0v) is 5.97. The van der Waals surface area contributed by atoms with Crippen LogP contribution < -0.4 is 0 Å². The van der Waals surface area contributed by atoms with Crippen LogP contribution in [0.5, 0.6) is 0 Å². The molecule has 11 heavy (non-hydrogen) atoms. The molecule has 1 heterocycles. The Balaban J connectivity index is 2.74. The van der Waals surface area contributed by atoms with Crippen molar-refractivity contribution in [2.24, 2.45) is 4.99 Å². The van der Waals surface area contributed by atoms with Crippen LogP contribution in [0.25, 0.3) is 0 Å². The fourth-order valence-electron chi connectivity index (χ4n) is 0.600. The fraction of sp³-hybridized carbons (Fsp3) is 0.400. The second kappa shape index (κ2) is 2.73. The molecule has 0 bridgehead atoms. The second-order valence-corrected chi connectivity index (χ2v) is 2.22. The van der Waals surface area contributed by atoms with Crippen molar-refractivity contribution in [3.63, 3.8) is 0 Å². The topological polar surface area (TPSA) is 15.6 Å². The van der Waals surface area contributed by atoms with Crippen molar-refractivity contribution >= 4 is 17.8 Å². The van der Waals surface area contributed by atoms with E-state index in [-0.39, 0.29) is 4.90 Å². The molecule has 1 unspecified atom stereocenters. The summed E-state index contributed by atoms with van der Waals surface area (Å²) < 4.78 is 35.7. The molecular formula is C5H4ClF3N2. The molecule has 1 aliphatic heterocycles.